The lowest BCUT2D eigenvalue weighted by Gasteiger charge is -2.26. The van der Waals surface area contributed by atoms with Crippen LogP contribution in [0.4, 0.5) is 25.5 Å². The molecule has 33 heavy (non-hydrogen) atoms. The minimum atomic E-state index is -4.70. The number of nitrogens with zero attached hydrogens (tertiary/aromatic N) is 3. The number of nitrogens with one attached hydrogen (secondary N) is 1. The van der Waals surface area contributed by atoms with Gasteiger partial charge in [-0.25, -0.2) is 27.4 Å². The number of carbonyl (C=O) groups excluding carboxylic acids is 1. The summed E-state index contributed by atoms with van der Waals surface area (Å²) in [6.07, 6.45) is -1.70. The number of anilines is 2. The monoisotopic (exact) mass is 500 g/mol. The zero-order valence-electron chi connectivity index (χ0n) is 18.5. The van der Waals surface area contributed by atoms with Gasteiger partial charge in [0.05, 0.1) is 5.51 Å². The molecule has 1 aromatic heterocycles. The molecule has 0 radical (unpaired) electrons. The lowest BCUT2D eigenvalue weighted by molar-refractivity contribution is 0.0608. The summed E-state index contributed by atoms with van der Waals surface area (Å²) in [4.78, 5) is 28.3. The van der Waals surface area contributed by atoms with Crippen molar-refractivity contribution in [2.75, 3.05) is 22.7 Å². The third-order valence-corrected chi connectivity index (χ3v) is 7.06. The van der Waals surface area contributed by atoms with Crippen molar-refractivity contribution in [2.45, 2.75) is 50.7 Å². The van der Waals surface area contributed by atoms with Crippen LogP contribution in [0, 0.1) is 12.7 Å². The van der Waals surface area contributed by atoms with Crippen LogP contribution >= 0.6 is 11.3 Å². The van der Waals surface area contributed by atoms with Gasteiger partial charge in [-0.2, -0.15) is 0 Å². The Bertz CT molecular complexity index is 1150. The number of carboxylic acid groups (broad SMARTS) is 1. The van der Waals surface area contributed by atoms with Crippen LogP contribution in [0.3, 0.4) is 0 Å². The van der Waals surface area contributed by atoms with E-state index in [2.05, 4.69) is 10.3 Å². The fourth-order valence-electron chi connectivity index (χ4n) is 3.30. The first kappa shape index (κ1) is 24.7. The Morgan fingerprint density at radius 3 is 2.61 bits per heavy atom. The maximum absolute atomic E-state index is 15.1. The second kappa shape index (κ2) is 9.14. The lowest BCUT2D eigenvalue weighted by atomic mass is 10.1. The number of halogens is 1. The zero-order chi connectivity index (χ0) is 24.6. The molecule has 0 aliphatic carbocycles. The number of benzene rings is 1. The number of hydrogen-bond acceptors (Lipinski definition) is 8. The molecule has 1 aliphatic heterocycles. The Labute approximate surface area is 195 Å². The predicted molar refractivity (Wildman–Crippen MR) is 121 cm³/mol. The SMILES string of the molecule is Cc1cc(S(=O)(=O)N(C(=O)OC(C)(C)C)c2cscn2)c(F)cc1NC1CCN(C(=O)O)C1. The van der Waals surface area contributed by atoms with Crippen molar-refractivity contribution < 1.29 is 32.2 Å². The van der Waals surface area contributed by atoms with Crippen LogP contribution in [-0.4, -0.2) is 60.3 Å². The number of likely N-dealkylation sites (tertiary alicyclic amines) is 1. The first-order valence-electron chi connectivity index (χ1n) is 10.0. The van der Waals surface area contributed by atoms with E-state index in [4.69, 9.17) is 9.84 Å². The minimum absolute atomic E-state index is 0.201. The second-order valence-corrected chi connectivity index (χ2v) is 11.0. The molecular formula is C20H25FN4O6S2. The van der Waals surface area contributed by atoms with Crippen LogP contribution in [0.5, 0.6) is 0 Å². The summed E-state index contributed by atoms with van der Waals surface area (Å²) in [6, 6.07) is 1.91. The molecule has 2 amide bonds. The molecule has 1 unspecified atom stereocenters. The van der Waals surface area contributed by atoms with Gasteiger partial charge in [0.15, 0.2) is 5.82 Å². The first-order chi connectivity index (χ1) is 15.3. The highest BCUT2D eigenvalue weighted by molar-refractivity contribution is 7.93. The summed E-state index contributed by atoms with van der Waals surface area (Å²) in [6.45, 7) is 6.90. The number of rotatable bonds is 5. The van der Waals surface area contributed by atoms with Crippen LogP contribution in [0.15, 0.2) is 27.9 Å². The Kier molecular flexibility index (Phi) is 6.84. The van der Waals surface area contributed by atoms with E-state index in [1.54, 1.807) is 27.7 Å². The Balaban J connectivity index is 1.94. The van der Waals surface area contributed by atoms with Crippen molar-refractivity contribution >= 4 is 45.1 Å². The average molecular weight is 501 g/mol. The maximum atomic E-state index is 15.1. The molecule has 2 aromatic rings. The average Bonchev–Trinajstić information content (AvgIpc) is 3.35. The van der Waals surface area contributed by atoms with Gasteiger partial charge >= 0.3 is 12.2 Å². The van der Waals surface area contributed by atoms with Gasteiger partial charge in [-0.05, 0) is 51.8 Å². The van der Waals surface area contributed by atoms with E-state index < -0.39 is 38.5 Å². The molecule has 0 saturated carbocycles. The minimum Gasteiger partial charge on any atom is -0.465 e. The molecule has 13 heteroatoms. The third kappa shape index (κ3) is 5.53. The van der Waals surface area contributed by atoms with Gasteiger partial charge in [0.25, 0.3) is 10.0 Å². The zero-order valence-corrected chi connectivity index (χ0v) is 20.2. The number of amides is 2. The molecule has 2 N–H and O–H groups in total. The summed E-state index contributed by atoms with van der Waals surface area (Å²) in [5.74, 6) is -1.27. The third-order valence-electron chi connectivity index (χ3n) is 4.80. The Hall–Kier alpha value is -2.93. The first-order valence-corrected chi connectivity index (χ1v) is 12.4. The predicted octanol–water partition coefficient (Wildman–Crippen LogP) is 3.89. The lowest BCUT2D eigenvalue weighted by Crippen LogP contribution is -2.41. The number of ether oxygens (including phenoxy) is 1. The molecule has 180 valence electrons. The topological polar surface area (TPSA) is 129 Å². The van der Waals surface area contributed by atoms with Gasteiger partial charge in [-0.15, -0.1) is 15.6 Å². The van der Waals surface area contributed by atoms with E-state index in [-0.39, 0.29) is 18.4 Å². The Morgan fingerprint density at radius 2 is 2.06 bits per heavy atom. The largest absolute Gasteiger partial charge is 0.465 e. The van der Waals surface area contributed by atoms with Crippen molar-refractivity contribution in [2.24, 2.45) is 0 Å². The van der Waals surface area contributed by atoms with Crippen molar-refractivity contribution in [3.63, 3.8) is 0 Å². The highest BCUT2D eigenvalue weighted by Crippen LogP contribution is 2.31. The highest BCUT2D eigenvalue weighted by atomic mass is 32.2. The number of sulfonamides is 1. The molecule has 3 rings (SSSR count). The van der Waals surface area contributed by atoms with E-state index >= 15 is 4.39 Å². The molecule has 0 bridgehead atoms. The molecule has 0 spiro atoms. The number of aryl methyl sites for hydroxylation is 1. The number of thiazole rings is 1. The van der Waals surface area contributed by atoms with Crippen LogP contribution in [-0.2, 0) is 14.8 Å². The van der Waals surface area contributed by atoms with Crippen LogP contribution in [0.25, 0.3) is 0 Å². The van der Waals surface area contributed by atoms with Gasteiger partial charge in [-0.3, -0.25) is 0 Å². The number of carbonyl (C=O) groups is 2. The van der Waals surface area contributed by atoms with Crippen molar-refractivity contribution in [3.05, 3.63) is 34.4 Å². The summed E-state index contributed by atoms with van der Waals surface area (Å²) in [5, 5.41) is 13.5. The molecule has 1 saturated heterocycles. The van der Waals surface area contributed by atoms with E-state index in [9.17, 15) is 18.0 Å². The van der Waals surface area contributed by atoms with E-state index in [1.807, 2.05) is 0 Å². The van der Waals surface area contributed by atoms with Crippen LogP contribution < -0.4 is 9.62 Å². The fourth-order valence-corrected chi connectivity index (χ4v) is 5.29. The molecule has 1 fully saturated rings. The van der Waals surface area contributed by atoms with Gasteiger partial charge in [0, 0.05) is 30.2 Å². The Morgan fingerprint density at radius 1 is 1.36 bits per heavy atom. The van der Waals surface area contributed by atoms with Gasteiger partial charge < -0.3 is 20.1 Å². The smallest absolute Gasteiger partial charge is 0.430 e. The quantitative estimate of drug-likeness (QED) is 0.633. The second-order valence-electron chi connectivity index (χ2n) is 8.55. The molecule has 2 heterocycles. The molecular weight excluding hydrogens is 475 g/mol. The van der Waals surface area contributed by atoms with E-state index in [0.717, 1.165) is 23.5 Å². The standard InChI is InChI=1S/C20H25FN4O6S2/c1-12-7-16(14(21)8-15(12)23-13-5-6-24(9-13)18(26)27)33(29,30)25(17-10-32-11-22-17)19(28)31-20(2,3)4/h7-8,10-11,13,23H,5-6,9H2,1-4H3,(H,26,27). The van der Waals surface area contributed by atoms with Crippen LogP contribution in [0.1, 0.15) is 32.8 Å². The summed E-state index contributed by atoms with van der Waals surface area (Å²) < 4.78 is 47.4. The van der Waals surface area contributed by atoms with Gasteiger partial charge in [0.2, 0.25) is 0 Å². The van der Waals surface area contributed by atoms with E-state index in [1.165, 1.54) is 15.8 Å². The van der Waals surface area contributed by atoms with Crippen molar-refractivity contribution in [1.82, 2.24) is 9.88 Å². The van der Waals surface area contributed by atoms with Crippen molar-refractivity contribution in [1.29, 1.82) is 0 Å². The normalized spacial score (nSPS) is 16.5. The number of aromatic nitrogens is 1. The number of hydrogen-bond donors (Lipinski definition) is 2. The van der Waals surface area contributed by atoms with Gasteiger partial charge in [-0.1, -0.05) is 0 Å². The van der Waals surface area contributed by atoms with Gasteiger partial charge in [0.1, 0.15) is 16.3 Å². The molecule has 10 nitrogen and oxygen atoms in total. The summed E-state index contributed by atoms with van der Waals surface area (Å²) in [7, 11) is -4.70. The van der Waals surface area contributed by atoms with E-state index in [0.29, 0.717) is 28.5 Å². The molecule has 1 aliphatic rings. The summed E-state index contributed by atoms with van der Waals surface area (Å²) >= 11 is 1.07. The van der Waals surface area contributed by atoms with Crippen molar-refractivity contribution in [3.8, 4) is 0 Å². The highest BCUT2D eigenvalue weighted by Gasteiger charge is 2.38. The maximum Gasteiger partial charge on any atom is 0.430 e. The fraction of sp³-hybridized carbons (Fsp3) is 0.450. The molecule has 1 aromatic carbocycles. The van der Waals surface area contributed by atoms with Crippen LogP contribution in [0.2, 0.25) is 0 Å². The summed E-state index contributed by atoms with van der Waals surface area (Å²) in [5.41, 5.74) is 1.10. The molecule has 1 atom stereocenters.